The summed E-state index contributed by atoms with van der Waals surface area (Å²) in [5.41, 5.74) is 1.48. The Balaban J connectivity index is 2.12. The summed E-state index contributed by atoms with van der Waals surface area (Å²) in [7, 11) is 0. The van der Waals surface area contributed by atoms with E-state index in [0.29, 0.717) is 22.9 Å². The normalized spacial score (nSPS) is 26.1. The minimum absolute atomic E-state index is 0.140. The molecule has 0 bridgehead atoms. The van der Waals surface area contributed by atoms with Crippen LogP contribution < -0.4 is 5.69 Å². The van der Waals surface area contributed by atoms with E-state index in [1.54, 1.807) is 16.7 Å². The number of fused-ring (bicyclic) bond motifs is 1. The zero-order valence-electron chi connectivity index (χ0n) is 12.3. The van der Waals surface area contributed by atoms with Crippen LogP contribution in [0.2, 0.25) is 0 Å². The highest BCUT2D eigenvalue weighted by Crippen LogP contribution is 2.36. The summed E-state index contributed by atoms with van der Waals surface area (Å²) >= 11 is 0. The fourth-order valence-corrected chi connectivity index (χ4v) is 3.73. The first-order chi connectivity index (χ1) is 9.95. The van der Waals surface area contributed by atoms with Crippen LogP contribution in [0.25, 0.3) is 11.0 Å². The molecule has 1 aliphatic carbocycles. The summed E-state index contributed by atoms with van der Waals surface area (Å²) in [5, 5.41) is 9.14. The summed E-state index contributed by atoms with van der Waals surface area (Å²) in [6.45, 7) is 4.43. The van der Waals surface area contributed by atoms with Crippen LogP contribution in [0.5, 0.6) is 0 Å². The zero-order valence-corrected chi connectivity index (χ0v) is 12.3. The Kier molecular flexibility index (Phi) is 3.35. The predicted molar refractivity (Wildman–Crippen MR) is 80.7 cm³/mol. The monoisotopic (exact) mass is 288 g/mol. The molecule has 1 fully saturated rings. The molecule has 3 rings (SSSR count). The topological polar surface area (TPSA) is 75.1 Å². The van der Waals surface area contributed by atoms with Crippen molar-refractivity contribution in [3.8, 4) is 0 Å². The van der Waals surface area contributed by atoms with Gasteiger partial charge in [-0.05, 0) is 49.3 Å². The lowest BCUT2D eigenvalue weighted by Gasteiger charge is -2.32. The molecule has 2 unspecified atom stereocenters. The number of aromatic carboxylic acids is 1. The molecule has 21 heavy (non-hydrogen) atoms. The van der Waals surface area contributed by atoms with Crippen molar-refractivity contribution in [3.63, 3.8) is 0 Å². The Hall–Kier alpha value is -2.04. The van der Waals surface area contributed by atoms with Crippen LogP contribution in [-0.2, 0) is 0 Å². The number of rotatable bonds is 2. The van der Waals surface area contributed by atoms with Gasteiger partial charge in [-0.15, -0.1) is 0 Å². The van der Waals surface area contributed by atoms with Gasteiger partial charge >= 0.3 is 11.7 Å². The van der Waals surface area contributed by atoms with Crippen LogP contribution in [-0.4, -0.2) is 20.6 Å². The number of hydrogen-bond acceptors (Lipinski definition) is 2. The number of hydrogen-bond donors (Lipinski definition) is 2. The van der Waals surface area contributed by atoms with Crippen LogP contribution in [0.4, 0.5) is 0 Å². The van der Waals surface area contributed by atoms with E-state index in [1.807, 2.05) is 0 Å². The number of H-pyrrole nitrogens is 1. The number of carboxylic acid groups (broad SMARTS) is 1. The van der Waals surface area contributed by atoms with Crippen molar-refractivity contribution in [2.75, 3.05) is 0 Å². The largest absolute Gasteiger partial charge is 0.478 e. The van der Waals surface area contributed by atoms with Crippen molar-refractivity contribution in [2.24, 2.45) is 11.8 Å². The number of carbonyl (C=O) groups is 1. The highest BCUT2D eigenvalue weighted by atomic mass is 16.4. The van der Waals surface area contributed by atoms with Gasteiger partial charge in [0.1, 0.15) is 0 Å². The number of benzene rings is 1. The molecule has 2 aromatic rings. The maximum atomic E-state index is 12.3. The average molecular weight is 288 g/mol. The van der Waals surface area contributed by atoms with E-state index in [1.165, 1.54) is 12.5 Å². The molecule has 0 saturated heterocycles. The molecular formula is C16H20N2O3. The number of carboxylic acids is 1. The molecule has 0 spiro atoms. The van der Waals surface area contributed by atoms with E-state index in [9.17, 15) is 9.59 Å². The molecule has 2 atom stereocenters. The van der Waals surface area contributed by atoms with Crippen molar-refractivity contribution in [1.82, 2.24) is 9.55 Å². The molecule has 0 amide bonds. The van der Waals surface area contributed by atoms with Crippen LogP contribution in [0, 0.1) is 11.8 Å². The molecule has 2 N–H and O–H groups in total. The predicted octanol–water partition coefficient (Wildman–Crippen LogP) is 3.03. The third-order valence-electron chi connectivity index (χ3n) is 4.48. The van der Waals surface area contributed by atoms with E-state index in [2.05, 4.69) is 18.8 Å². The summed E-state index contributed by atoms with van der Waals surface area (Å²) < 4.78 is 1.76. The lowest BCUT2D eigenvalue weighted by atomic mass is 9.80. The highest BCUT2D eigenvalue weighted by Gasteiger charge is 2.27. The average Bonchev–Trinajstić information content (AvgIpc) is 2.72. The third-order valence-corrected chi connectivity index (χ3v) is 4.48. The molecule has 1 aromatic heterocycles. The van der Waals surface area contributed by atoms with Crippen molar-refractivity contribution in [3.05, 3.63) is 34.2 Å². The maximum absolute atomic E-state index is 12.3. The highest BCUT2D eigenvalue weighted by molar-refractivity contribution is 5.92. The summed E-state index contributed by atoms with van der Waals surface area (Å²) in [6, 6.07) is 4.94. The molecule has 0 aliphatic heterocycles. The fourth-order valence-electron chi connectivity index (χ4n) is 3.73. The van der Waals surface area contributed by atoms with Gasteiger partial charge < -0.3 is 10.1 Å². The molecule has 1 saturated carbocycles. The molecule has 1 aromatic carbocycles. The number of nitrogens with zero attached hydrogens (tertiary/aromatic N) is 1. The van der Waals surface area contributed by atoms with Crippen molar-refractivity contribution in [1.29, 1.82) is 0 Å². The first kappa shape index (κ1) is 13.9. The van der Waals surface area contributed by atoms with E-state index in [0.717, 1.165) is 12.8 Å². The van der Waals surface area contributed by atoms with Gasteiger partial charge in [-0.25, -0.2) is 9.59 Å². The summed E-state index contributed by atoms with van der Waals surface area (Å²) in [4.78, 5) is 26.3. The van der Waals surface area contributed by atoms with E-state index < -0.39 is 5.97 Å². The first-order valence-electron chi connectivity index (χ1n) is 7.43. The second kappa shape index (κ2) is 5.06. The van der Waals surface area contributed by atoms with Gasteiger partial charge in [0.25, 0.3) is 0 Å². The molecule has 112 valence electrons. The maximum Gasteiger partial charge on any atom is 0.335 e. The Labute approximate surface area is 122 Å². The number of aromatic amines is 1. The van der Waals surface area contributed by atoms with Gasteiger partial charge in [0.05, 0.1) is 16.6 Å². The van der Waals surface area contributed by atoms with Crippen LogP contribution in [0.1, 0.15) is 49.5 Å². The second-order valence-electron chi connectivity index (χ2n) is 6.41. The minimum Gasteiger partial charge on any atom is -0.478 e. The van der Waals surface area contributed by atoms with Crippen molar-refractivity contribution in [2.45, 2.75) is 39.2 Å². The SMILES string of the molecule is CC1CC(C)CC(n2c(=O)[nH]c3ccc(C(=O)O)cc32)C1. The lowest BCUT2D eigenvalue weighted by molar-refractivity contribution is 0.0697. The molecule has 1 heterocycles. The first-order valence-corrected chi connectivity index (χ1v) is 7.43. The lowest BCUT2D eigenvalue weighted by Crippen LogP contribution is -2.29. The number of imidazole rings is 1. The Bertz CT molecular complexity index is 734. The smallest absolute Gasteiger partial charge is 0.335 e. The number of nitrogens with one attached hydrogen (secondary N) is 1. The quantitative estimate of drug-likeness (QED) is 0.892. The Morgan fingerprint density at radius 3 is 2.52 bits per heavy atom. The Morgan fingerprint density at radius 1 is 1.24 bits per heavy atom. The van der Waals surface area contributed by atoms with E-state index in [-0.39, 0.29) is 17.3 Å². The van der Waals surface area contributed by atoms with Gasteiger partial charge in [-0.3, -0.25) is 4.57 Å². The Morgan fingerprint density at radius 2 is 1.90 bits per heavy atom. The molecular weight excluding hydrogens is 268 g/mol. The van der Waals surface area contributed by atoms with Crippen molar-refractivity contribution >= 4 is 17.0 Å². The fraction of sp³-hybridized carbons (Fsp3) is 0.500. The standard InChI is InChI=1S/C16H20N2O3/c1-9-5-10(2)7-12(6-9)18-14-8-11(15(19)20)3-4-13(14)17-16(18)21/h3-4,8-10,12H,5-7H2,1-2H3,(H,17,21)(H,19,20). The van der Waals surface area contributed by atoms with Crippen LogP contribution >= 0.6 is 0 Å². The number of aromatic nitrogens is 2. The van der Waals surface area contributed by atoms with Gasteiger partial charge in [-0.2, -0.15) is 0 Å². The summed E-state index contributed by atoms with van der Waals surface area (Å²) in [5.74, 6) is 0.194. The van der Waals surface area contributed by atoms with E-state index in [4.69, 9.17) is 5.11 Å². The van der Waals surface area contributed by atoms with Gasteiger partial charge in [0.2, 0.25) is 0 Å². The molecule has 5 nitrogen and oxygen atoms in total. The minimum atomic E-state index is -0.970. The molecule has 1 aliphatic rings. The van der Waals surface area contributed by atoms with Gasteiger partial charge in [0, 0.05) is 6.04 Å². The second-order valence-corrected chi connectivity index (χ2v) is 6.41. The van der Waals surface area contributed by atoms with Crippen molar-refractivity contribution < 1.29 is 9.90 Å². The molecule has 5 heteroatoms. The summed E-state index contributed by atoms with van der Waals surface area (Å²) in [6.07, 6.45) is 3.12. The zero-order chi connectivity index (χ0) is 15.1. The molecule has 0 radical (unpaired) electrons. The van der Waals surface area contributed by atoms with Crippen LogP contribution in [0.15, 0.2) is 23.0 Å². The van der Waals surface area contributed by atoms with Crippen LogP contribution in [0.3, 0.4) is 0 Å². The van der Waals surface area contributed by atoms with Gasteiger partial charge in [-0.1, -0.05) is 13.8 Å². The van der Waals surface area contributed by atoms with E-state index >= 15 is 0 Å². The van der Waals surface area contributed by atoms with Gasteiger partial charge in [0.15, 0.2) is 0 Å². The third kappa shape index (κ3) is 2.48.